The number of aliphatic hydroxyl groups excluding tert-OH is 2. The zero-order valence-corrected chi connectivity index (χ0v) is 30.0. The zero-order valence-electron chi connectivity index (χ0n) is 30.0. The van der Waals surface area contributed by atoms with E-state index in [2.05, 4.69) is 25.6 Å². The number of amides is 4. The van der Waals surface area contributed by atoms with Gasteiger partial charge < -0.3 is 35.1 Å². The topological polar surface area (TPSA) is 191 Å². The van der Waals surface area contributed by atoms with Gasteiger partial charge in [-0.1, -0.05) is 12.1 Å². The van der Waals surface area contributed by atoms with Crippen LogP contribution in [0.3, 0.4) is 0 Å². The molecule has 14 nitrogen and oxygen atoms in total. The molecule has 0 saturated carbocycles. The predicted molar refractivity (Wildman–Crippen MR) is 202 cm³/mol. The number of pyridine rings is 2. The number of benzene rings is 2. The largest absolute Gasteiger partial charge is 0.436 e. The van der Waals surface area contributed by atoms with Crippen LogP contribution in [0.25, 0.3) is 22.8 Å². The quantitative estimate of drug-likeness (QED) is 0.146. The number of carbonyl (C=O) groups excluding carboxylic acids is 4. The van der Waals surface area contributed by atoms with Gasteiger partial charge in [0, 0.05) is 73.2 Å². The maximum Gasteiger partial charge on any atom is 0.252 e. The summed E-state index contributed by atoms with van der Waals surface area (Å²) in [6.07, 6.45) is 8.10. The van der Waals surface area contributed by atoms with Crippen molar-refractivity contribution in [1.29, 1.82) is 0 Å². The van der Waals surface area contributed by atoms with Gasteiger partial charge in [0.25, 0.3) is 11.8 Å². The SMILES string of the molecule is O=C(Nc1ccc(-c2cnc(-c3ccc(NC(=O)[C@@H]4CCCN4C(=O)[C@@H](O)Cc4cccnc4)cc3)o2)cc1)C1CCCN1C(=O)C(O)Cc1cccnc1. The summed E-state index contributed by atoms with van der Waals surface area (Å²) in [6.45, 7) is 0.790. The van der Waals surface area contributed by atoms with E-state index in [-0.39, 0.29) is 24.7 Å². The van der Waals surface area contributed by atoms with Crippen molar-refractivity contribution in [1.82, 2.24) is 24.8 Å². The third-order valence-corrected chi connectivity index (χ3v) is 9.89. The van der Waals surface area contributed by atoms with Crippen LogP contribution >= 0.6 is 0 Å². The van der Waals surface area contributed by atoms with E-state index in [0.717, 1.165) is 16.7 Å². The van der Waals surface area contributed by atoms with Crippen LogP contribution in [0.1, 0.15) is 36.8 Å². The van der Waals surface area contributed by atoms with Crippen molar-refractivity contribution < 1.29 is 33.8 Å². The summed E-state index contributed by atoms with van der Waals surface area (Å²) in [4.78, 5) is 67.9. The van der Waals surface area contributed by atoms with Gasteiger partial charge in [0.1, 0.15) is 24.3 Å². The first kappa shape index (κ1) is 37.1. The van der Waals surface area contributed by atoms with E-state index >= 15 is 0 Å². The molecule has 0 radical (unpaired) electrons. The molecule has 4 N–H and O–H groups in total. The average Bonchev–Trinajstić information content (AvgIpc) is 4.01. The van der Waals surface area contributed by atoms with E-state index in [1.54, 1.807) is 104 Å². The lowest BCUT2D eigenvalue weighted by Gasteiger charge is -2.26. The van der Waals surface area contributed by atoms with Crippen LogP contribution in [-0.2, 0) is 32.0 Å². The van der Waals surface area contributed by atoms with E-state index in [4.69, 9.17) is 4.42 Å². The van der Waals surface area contributed by atoms with Crippen molar-refractivity contribution in [3.05, 3.63) is 115 Å². The Morgan fingerprint density at radius 2 is 1.15 bits per heavy atom. The van der Waals surface area contributed by atoms with Gasteiger partial charge in [-0.3, -0.25) is 29.1 Å². The molecule has 7 rings (SSSR count). The molecule has 4 amide bonds. The Bertz CT molecular complexity index is 1960. The minimum Gasteiger partial charge on any atom is -0.436 e. The molecule has 55 heavy (non-hydrogen) atoms. The fraction of sp³-hybridized carbons (Fsp3) is 0.293. The number of nitrogens with zero attached hydrogens (tertiary/aromatic N) is 5. The first-order valence-electron chi connectivity index (χ1n) is 18.3. The van der Waals surface area contributed by atoms with Crippen molar-refractivity contribution in [3.8, 4) is 22.8 Å². The first-order valence-corrected chi connectivity index (χ1v) is 18.3. The van der Waals surface area contributed by atoms with Gasteiger partial charge in [-0.2, -0.15) is 0 Å². The maximum absolute atomic E-state index is 13.2. The second-order valence-corrected chi connectivity index (χ2v) is 13.7. The number of oxazole rings is 1. The molecule has 3 aromatic heterocycles. The van der Waals surface area contributed by atoms with E-state index in [0.29, 0.717) is 67.4 Å². The van der Waals surface area contributed by atoms with E-state index < -0.39 is 36.1 Å². The van der Waals surface area contributed by atoms with Crippen LogP contribution in [-0.4, -0.2) is 96.0 Å². The van der Waals surface area contributed by atoms with Crippen molar-refractivity contribution in [2.24, 2.45) is 0 Å². The summed E-state index contributed by atoms with van der Waals surface area (Å²) in [5.41, 5.74) is 3.98. The summed E-state index contributed by atoms with van der Waals surface area (Å²) in [6, 6.07) is 19.8. The Morgan fingerprint density at radius 3 is 1.60 bits per heavy atom. The zero-order chi connectivity index (χ0) is 38.3. The first-order chi connectivity index (χ1) is 26.7. The molecule has 5 aromatic rings. The Hall–Kier alpha value is -6.25. The number of rotatable bonds is 12. The Morgan fingerprint density at radius 1 is 0.673 bits per heavy atom. The Balaban J connectivity index is 0.917. The van der Waals surface area contributed by atoms with Crippen LogP contribution in [0.4, 0.5) is 11.4 Å². The summed E-state index contributed by atoms with van der Waals surface area (Å²) >= 11 is 0. The molecule has 2 aliphatic rings. The molecule has 4 atom stereocenters. The van der Waals surface area contributed by atoms with Crippen LogP contribution < -0.4 is 10.6 Å². The average molecular weight is 744 g/mol. The standard InChI is InChI=1S/C41H41N7O7/c49-34(21-26-5-1-17-42-23-26)40(53)47-19-3-7-32(47)37(51)45-30-13-9-28(10-14-30)36-25-44-39(55-36)29-11-15-31(16-12-29)46-38(52)33-8-4-20-48(33)41(54)35(50)22-27-6-2-18-43-24-27/h1-2,5-6,9-18,23-25,32-35,49-50H,3-4,7-8,19-22H2,(H,45,51)(H,46,52)/t32?,33-,34?,35-/m0/s1. The highest BCUT2D eigenvalue weighted by Gasteiger charge is 2.38. The number of likely N-dealkylation sites (tertiary alicyclic amines) is 2. The number of aromatic nitrogens is 3. The number of aliphatic hydroxyl groups is 2. The molecule has 2 saturated heterocycles. The molecule has 0 bridgehead atoms. The number of hydrogen-bond acceptors (Lipinski definition) is 10. The molecule has 2 aliphatic heterocycles. The summed E-state index contributed by atoms with van der Waals surface area (Å²) in [7, 11) is 0. The van der Waals surface area contributed by atoms with E-state index in [9.17, 15) is 29.4 Å². The van der Waals surface area contributed by atoms with Gasteiger partial charge in [0.2, 0.25) is 17.7 Å². The van der Waals surface area contributed by atoms with Gasteiger partial charge in [-0.05, 0) is 97.5 Å². The Kier molecular flexibility index (Phi) is 11.3. The summed E-state index contributed by atoms with van der Waals surface area (Å²) in [5.74, 6) is -0.714. The van der Waals surface area contributed by atoms with Crippen LogP contribution in [0.5, 0.6) is 0 Å². The van der Waals surface area contributed by atoms with Gasteiger partial charge in [-0.15, -0.1) is 0 Å². The lowest BCUT2D eigenvalue weighted by molar-refractivity contribution is -0.144. The maximum atomic E-state index is 13.2. The summed E-state index contributed by atoms with van der Waals surface area (Å²) < 4.78 is 6.04. The fourth-order valence-electron chi connectivity index (χ4n) is 7.05. The fourth-order valence-corrected chi connectivity index (χ4v) is 7.05. The molecule has 2 aromatic carbocycles. The number of nitrogens with one attached hydrogen (secondary N) is 2. The van der Waals surface area contributed by atoms with Gasteiger partial charge in [-0.25, -0.2) is 4.98 Å². The highest BCUT2D eigenvalue weighted by molar-refractivity contribution is 5.99. The molecule has 5 heterocycles. The normalized spacial score (nSPS) is 17.8. The number of hydrogen-bond donors (Lipinski definition) is 4. The monoisotopic (exact) mass is 743 g/mol. The number of anilines is 2. The van der Waals surface area contributed by atoms with Crippen molar-refractivity contribution in [2.45, 2.75) is 62.8 Å². The molecule has 2 fully saturated rings. The van der Waals surface area contributed by atoms with Gasteiger partial charge in [0.15, 0.2) is 5.76 Å². The minimum atomic E-state index is -1.27. The molecule has 282 valence electrons. The molecule has 0 aliphatic carbocycles. The van der Waals surface area contributed by atoms with Gasteiger partial charge in [0.05, 0.1) is 6.20 Å². The number of carbonyl (C=O) groups is 4. The van der Waals surface area contributed by atoms with Crippen LogP contribution in [0.2, 0.25) is 0 Å². The second-order valence-electron chi connectivity index (χ2n) is 13.7. The lowest BCUT2D eigenvalue weighted by atomic mass is 10.1. The summed E-state index contributed by atoms with van der Waals surface area (Å²) in [5, 5.41) is 27.0. The van der Waals surface area contributed by atoms with Crippen molar-refractivity contribution >= 4 is 35.0 Å². The molecule has 0 spiro atoms. The van der Waals surface area contributed by atoms with E-state index in [1.165, 1.54) is 9.80 Å². The molecular formula is C41H41N7O7. The second kappa shape index (κ2) is 16.8. The third-order valence-electron chi connectivity index (χ3n) is 9.89. The third kappa shape index (κ3) is 8.77. The van der Waals surface area contributed by atoms with E-state index in [1.807, 2.05) is 0 Å². The van der Waals surface area contributed by atoms with Crippen molar-refractivity contribution in [2.75, 3.05) is 23.7 Å². The predicted octanol–water partition coefficient (Wildman–Crippen LogP) is 3.86. The lowest BCUT2D eigenvalue weighted by Crippen LogP contribution is -2.47. The van der Waals surface area contributed by atoms with Gasteiger partial charge >= 0.3 is 0 Å². The molecule has 14 heteroatoms. The molecule has 2 unspecified atom stereocenters. The minimum absolute atomic E-state index is 0.122. The highest BCUT2D eigenvalue weighted by Crippen LogP contribution is 2.29. The van der Waals surface area contributed by atoms with Crippen LogP contribution in [0.15, 0.2) is 108 Å². The van der Waals surface area contributed by atoms with Crippen molar-refractivity contribution in [3.63, 3.8) is 0 Å². The Labute approximate surface area is 317 Å². The highest BCUT2D eigenvalue weighted by atomic mass is 16.4. The van der Waals surface area contributed by atoms with Crippen LogP contribution in [0, 0.1) is 0 Å². The smallest absolute Gasteiger partial charge is 0.252 e. The molecular weight excluding hydrogens is 702 g/mol.